The van der Waals surface area contributed by atoms with Crippen LogP contribution in [0.4, 0.5) is 0 Å². The number of carboxylic acids is 1. The Morgan fingerprint density at radius 3 is 2.94 bits per heavy atom. The summed E-state index contributed by atoms with van der Waals surface area (Å²) in [6, 6.07) is 0. The van der Waals surface area contributed by atoms with Gasteiger partial charge in [0, 0.05) is 0 Å². The molecule has 3 atom stereocenters. The Kier molecular flexibility index (Phi) is 3.65. The third-order valence-electron chi connectivity index (χ3n) is 5.11. The molecule has 2 rings (SSSR count). The summed E-state index contributed by atoms with van der Waals surface area (Å²) >= 11 is 0. The minimum atomic E-state index is -0.746. The molecule has 0 aromatic heterocycles. The van der Waals surface area contributed by atoms with Crippen LogP contribution >= 0.6 is 0 Å². The van der Waals surface area contributed by atoms with E-state index in [0.717, 1.165) is 18.4 Å². The maximum absolute atomic E-state index is 10.8. The third-order valence-corrected chi connectivity index (χ3v) is 5.11. The van der Waals surface area contributed by atoms with Crippen molar-refractivity contribution in [3.8, 4) is 0 Å². The summed E-state index contributed by atoms with van der Waals surface area (Å²) in [5.41, 5.74) is 2.87. The van der Waals surface area contributed by atoms with E-state index in [4.69, 9.17) is 5.11 Å². The molecule has 0 bridgehead atoms. The van der Waals surface area contributed by atoms with E-state index in [1.54, 1.807) is 0 Å². The molecule has 18 heavy (non-hydrogen) atoms. The first-order valence-electron chi connectivity index (χ1n) is 6.98. The summed E-state index contributed by atoms with van der Waals surface area (Å²) in [6.07, 6.45) is 8.43. The fourth-order valence-corrected chi connectivity index (χ4v) is 3.88. The normalized spacial score (nSPS) is 35.6. The molecule has 100 valence electrons. The van der Waals surface area contributed by atoms with Crippen molar-refractivity contribution in [3.63, 3.8) is 0 Å². The molecule has 1 saturated carbocycles. The van der Waals surface area contributed by atoms with Gasteiger partial charge in [-0.25, -0.2) is 0 Å². The molecule has 0 unspecified atom stereocenters. The molecule has 2 heteroatoms. The summed E-state index contributed by atoms with van der Waals surface area (Å²) in [5.74, 6) is 0.292. The summed E-state index contributed by atoms with van der Waals surface area (Å²) in [7, 11) is 0. The molecule has 0 aromatic carbocycles. The van der Waals surface area contributed by atoms with Gasteiger partial charge < -0.3 is 5.11 Å². The fraction of sp³-hybridized carbons (Fsp3) is 0.688. The van der Waals surface area contributed by atoms with Crippen LogP contribution in [0.5, 0.6) is 0 Å². The lowest BCUT2D eigenvalue weighted by Crippen LogP contribution is -2.37. The number of rotatable bonds is 3. The zero-order valence-electron chi connectivity index (χ0n) is 11.5. The number of fused-ring (bicyclic) bond motifs is 1. The highest BCUT2D eigenvalue weighted by Crippen LogP contribution is 2.53. The van der Waals surface area contributed by atoms with Gasteiger partial charge in [0.15, 0.2) is 0 Å². The molecule has 2 aliphatic carbocycles. The van der Waals surface area contributed by atoms with Gasteiger partial charge in [-0.2, -0.15) is 0 Å². The summed E-state index contributed by atoms with van der Waals surface area (Å²) in [4.78, 5) is 10.8. The summed E-state index contributed by atoms with van der Waals surface area (Å²) in [5, 5.41) is 8.88. The SMILES string of the molecule is C=C(CC(=O)O)[C@@H]1CC[C@@]2(C)CCC=C(C)[C@@H]2C1. The van der Waals surface area contributed by atoms with Crippen LogP contribution in [0.15, 0.2) is 23.8 Å². The highest BCUT2D eigenvalue weighted by molar-refractivity contribution is 5.69. The number of hydrogen-bond donors (Lipinski definition) is 1. The first-order valence-corrected chi connectivity index (χ1v) is 6.98. The van der Waals surface area contributed by atoms with E-state index in [-0.39, 0.29) is 6.42 Å². The van der Waals surface area contributed by atoms with Gasteiger partial charge >= 0.3 is 5.97 Å². The number of allylic oxidation sites excluding steroid dienone is 2. The van der Waals surface area contributed by atoms with Crippen LogP contribution in [0.2, 0.25) is 0 Å². The van der Waals surface area contributed by atoms with Crippen molar-refractivity contribution in [3.05, 3.63) is 23.8 Å². The predicted octanol–water partition coefficient (Wildman–Crippen LogP) is 4.18. The first-order chi connectivity index (χ1) is 8.42. The van der Waals surface area contributed by atoms with E-state index in [0.29, 0.717) is 17.3 Å². The Balaban J connectivity index is 2.08. The summed E-state index contributed by atoms with van der Waals surface area (Å²) < 4.78 is 0. The van der Waals surface area contributed by atoms with Gasteiger partial charge in [0.25, 0.3) is 0 Å². The molecule has 0 spiro atoms. The van der Waals surface area contributed by atoms with Crippen molar-refractivity contribution in [2.24, 2.45) is 17.3 Å². The molecular weight excluding hydrogens is 224 g/mol. The zero-order chi connectivity index (χ0) is 13.3. The van der Waals surface area contributed by atoms with Gasteiger partial charge in [0.1, 0.15) is 0 Å². The second-order valence-corrected chi connectivity index (χ2v) is 6.39. The van der Waals surface area contributed by atoms with Gasteiger partial charge in [0.05, 0.1) is 6.42 Å². The topological polar surface area (TPSA) is 37.3 Å². The lowest BCUT2D eigenvalue weighted by Gasteiger charge is -2.48. The maximum Gasteiger partial charge on any atom is 0.307 e. The van der Waals surface area contributed by atoms with E-state index in [2.05, 4.69) is 26.5 Å². The van der Waals surface area contributed by atoms with Crippen LogP contribution in [-0.2, 0) is 4.79 Å². The monoisotopic (exact) mass is 248 g/mol. The average Bonchev–Trinajstić information content (AvgIpc) is 2.27. The van der Waals surface area contributed by atoms with Crippen LogP contribution < -0.4 is 0 Å². The molecule has 0 amide bonds. The molecule has 0 saturated heterocycles. The van der Waals surface area contributed by atoms with E-state index < -0.39 is 5.97 Å². The van der Waals surface area contributed by atoms with Crippen molar-refractivity contribution in [2.45, 2.75) is 52.4 Å². The van der Waals surface area contributed by atoms with Gasteiger partial charge in [-0.3, -0.25) is 4.79 Å². The van der Waals surface area contributed by atoms with Crippen molar-refractivity contribution in [1.82, 2.24) is 0 Å². The minimum Gasteiger partial charge on any atom is -0.481 e. The highest BCUT2D eigenvalue weighted by atomic mass is 16.4. The lowest BCUT2D eigenvalue weighted by atomic mass is 9.57. The fourth-order valence-electron chi connectivity index (χ4n) is 3.88. The Hall–Kier alpha value is -1.05. The second kappa shape index (κ2) is 4.91. The number of aliphatic carboxylic acids is 1. The molecule has 0 aromatic rings. The Bertz CT molecular complexity index is 394. The van der Waals surface area contributed by atoms with Gasteiger partial charge in [-0.1, -0.05) is 30.7 Å². The molecule has 2 nitrogen and oxygen atoms in total. The molecule has 0 radical (unpaired) electrons. The molecule has 1 fully saturated rings. The van der Waals surface area contributed by atoms with E-state index in [1.165, 1.54) is 24.8 Å². The largest absolute Gasteiger partial charge is 0.481 e. The van der Waals surface area contributed by atoms with Crippen LogP contribution in [0.25, 0.3) is 0 Å². The molecule has 0 heterocycles. The summed E-state index contributed by atoms with van der Waals surface area (Å²) in [6.45, 7) is 8.65. The van der Waals surface area contributed by atoms with E-state index in [9.17, 15) is 4.79 Å². The molecule has 0 aliphatic heterocycles. The van der Waals surface area contributed by atoms with Crippen molar-refractivity contribution in [1.29, 1.82) is 0 Å². The highest BCUT2D eigenvalue weighted by Gasteiger charge is 2.42. The van der Waals surface area contributed by atoms with Crippen LogP contribution in [0.3, 0.4) is 0 Å². The molecular formula is C16H24O2. The predicted molar refractivity (Wildman–Crippen MR) is 73.3 cm³/mol. The third kappa shape index (κ3) is 2.52. The van der Waals surface area contributed by atoms with Crippen LogP contribution in [-0.4, -0.2) is 11.1 Å². The number of hydrogen-bond acceptors (Lipinski definition) is 1. The van der Waals surface area contributed by atoms with E-state index >= 15 is 0 Å². The van der Waals surface area contributed by atoms with Crippen molar-refractivity contribution < 1.29 is 9.90 Å². The standard InChI is InChI=1S/C16H24O2/c1-11-5-4-7-16(3)8-6-13(10-14(11)16)12(2)9-15(17)18/h5,13-14H,2,4,6-10H2,1,3H3,(H,17,18)/t13-,14+,16-/m1/s1. The number of carbonyl (C=O) groups is 1. The smallest absolute Gasteiger partial charge is 0.307 e. The molecule has 2 aliphatic rings. The van der Waals surface area contributed by atoms with Crippen molar-refractivity contribution in [2.75, 3.05) is 0 Å². The Morgan fingerprint density at radius 2 is 2.28 bits per heavy atom. The quantitative estimate of drug-likeness (QED) is 0.761. The maximum atomic E-state index is 10.8. The Morgan fingerprint density at radius 1 is 1.56 bits per heavy atom. The van der Waals surface area contributed by atoms with Gasteiger partial charge in [0.2, 0.25) is 0 Å². The average molecular weight is 248 g/mol. The first kappa shape index (κ1) is 13.4. The van der Waals surface area contributed by atoms with Crippen LogP contribution in [0, 0.1) is 17.3 Å². The minimum absolute atomic E-state index is 0.136. The zero-order valence-corrected chi connectivity index (χ0v) is 11.5. The lowest BCUT2D eigenvalue weighted by molar-refractivity contribution is -0.136. The van der Waals surface area contributed by atoms with Gasteiger partial charge in [-0.05, 0) is 56.3 Å². The number of carboxylic acid groups (broad SMARTS) is 1. The molecule has 1 N–H and O–H groups in total. The van der Waals surface area contributed by atoms with Gasteiger partial charge in [-0.15, -0.1) is 0 Å². The second-order valence-electron chi connectivity index (χ2n) is 6.39. The van der Waals surface area contributed by atoms with Crippen molar-refractivity contribution >= 4 is 5.97 Å². The Labute approximate surface area is 110 Å². The van der Waals surface area contributed by atoms with Crippen LogP contribution in [0.1, 0.15) is 52.4 Å². The van der Waals surface area contributed by atoms with E-state index in [1.807, 2.05) is 0 Å².